The molecule has 2 N–H and O–H groups in total. The predicted octanol–water partition coefficient (Wildman–Crippen LogP) is 6.39. The lowest BCUT2D eigenvalue weighted by atomic mass is 10.1. The molecule has 0 aliphatic rings. The molecule has 0 aromatic heterocycles. The molecular formula is C25H33Br2N3O3. The molecule has 0 atom stereocenters. The van der Waals surface area contributed by atoms with E-state index in [1.165, 1.54) is 0 Å². The second-order valence-corrected chi connectivity index (χ2v) is 9.98. The van der Waals surface area contributed by atoms with Gasteiger partial charge in [0.1, 0.15) is 11.5 Å². The predicted molar refractivity (Wildman–Crippen MR) is 141 cm³/mol. The van der Waals surface area contributed by atoms with Gasteiger partial charge < -0.3 is 20.2 Å². The summed E-state index contributed by atoms with van der Waals surface area (Å²) < 4.78 is 13.3. The number of carbonyl (C=O) groups is 1. The van der Waals surface area contributed by atoms with E-state index in [2.05, 4.69) is 37.0 Å². The Morgan fingerprint density at radius 3 is 2.03 bits per heavy atom. The zero-order chi connectivity index (χ0) is 24.4. The van der Waals surface area contributed by atoms with Crippen molar-refractivity contribution in [1.82, 2.24) is 4.90 Å². The quantitative estimate of drug-likeness (QED) is 0.136. The van der Waals surface area contributed by atoms with Crippen LogP contribution in [0.1, 0.15) is 62.9 Å². The van der Waals surface area contributed by atoms with Crippen molar-refractivity contribution < 1.29 is 14.3 Å². The van der Waals surface area contributed by atoms with Gasteiger partial charge in [-0.2, -0.15) is 5.10 Å². The summed E-state index contributed by atoms with van der Waals surface area (Å²) in [4.78, 5) is 14.8. The van der Waals surface area contributed by atoms with E-state index in [9.17, 15) is 4.79 Å². The lowest BCUT2D eigenvalue weighted by Crippen LogP contribution is -2.42. The minimum absolute atomic E-state index is 0.00935. The van der Waals surface area contributed by atoms with Crippen LogP contribution in [0.3, 0.4) is 0 Å². The van der Waals surface area contributed by atoms with E-state index in [1.807, 2.05) is 69.0 Å². The lowest BCUT2D eigenvalue weighted by Gasteiger charge is -2.31. The Balaban J connectivity index is 1.79. The Bertz CT molecular complexity index is 900. The van der Waals surface area contributed by atoms with Crippen molar-refractivity contribution in [2.24, 2.45) is 10.9 Å². The van der Waals surface area contributed by atoms with Gasteiger partial charge in [-0.1, -0.05) is 0 Å². The molecule has 0 saturated carbocycles. The van der Waals surface area contributed by atoms with E-state index >= 15 is 0 Å². The Hall–Kier alpha value is -2.06. The summed E-state index contributed by atoms with van der Waals surface area (Å²) in [6.45, 7) is 9.34. The van der Waals surface area contributed by atoms with E-state index in [0.717, 1.165) is 39.5 Å². The van der Waals surface area contributed by atoms with Crippen LogP contribution in [0.5, 0.6) is 11.5 Å². The van der Waals surface area contributed by atoms with E-state index in [4.69, 9.17) is 15.3 Å². The van der Waals surface area contributed by atoms with E-state index in [1.54, 1.807) is 6.21 Å². The van der Waals surface area contributed by atoms with Gasteiger partial charge >= 0.3 is 0 Å². The number of ether oxygens (including phenoxy) is 2. The second kappa shape index (κ2) is 13.6. The summed E-state index contributed by atoms with van der Waals surface area (Å²) in [7, 11) is 0. The molecule has 0 aliphatic carbocycles. The summed E-state index contributed by atoms with van der Waals surface area (Å²) in [5.41, 5.74) is 1.57. The SMILES string of the molecule is CC(C)N(C(=O)c1cc(Br)c(OCCCCCOc2ccc(C=NN)cc2)c(Br)c1)C(C)C. The third-order valence-electron chi connectivity index (χ3n) is 5.00. The Morgan fingerprint density at radius 1 is 0.970 bits per heavy atom. The molecule has 2 aromatic rings. The molecule has 0 radical (unpaired) electrons. The van der Waals surface area contributed by atoms with Crippen LogP contribution in [0.2, 0.25) is 0 Å². The molecule has 1 amide bonds. The summed E-state index contributed by atoms with van der Waals surface area (Å²) in [5, 5.41) is 3.50. The van der Waals surface area contributed by atoms with E-state index in [-0.39, 0.29) is 18.0 Å². The number of benzene rings is 2. The van der Waals surface area contributed by atoms with Crippen molar-refractivity contribution in [3.63, 3.8) is 0 Å². The van der Waals surface area contributed by atoms with Gasteiger partial charge in [0, 0.05) is 17.6 Å². The number of amides is 1. The van der Waals surface area contributed by atoms with Crippen molar-refractivity contribution >= 4 is 44.0 Å². The molecule has 0 unspecified atom stereocenters. The van der Waals surface area contributed by atoms with Gasteiger partial charge in [0.15, 0.2) is 0 Å². The first-order chi connectivity index (χ1) is 15.7. The van der Waals surface area contributed by atoms with Gasteiger partial charge in [-0.05, 0) is 121 Å². The third kappa shape index (κ3) is 8.34. The number of hydrogen-bond acceptors (Lipinski definition) is 5. The van der Waals surface area contributed by atoms with Crippen molar-refractivity contribution in [2.45, 2.75) is 59.0 Å². The molecule has 33 heavy (non-hydrogen) atoms. The smallest absolute Gasteiger partial charge is 0.254 e. The highest BCUT2D eigenvalue weighted by atomic mass is 79.9. The van der Waals surface area contributed by atoms with Crippen LogP contribution in [0.15, 0.2) is 50.4 Å². The van der Waals surface area contributed by atoms with Gasteiger partial charge in [-0.3, -0.25) is 4.79 Å². The largest absolute Gasteiger partial charge is 0.494 e. The van der Waals surface area contributed by atoms with Crippen LogP contribution in [0, 0.1) is 0 Å². The highest BCUT2D eigenvalue weighted by molar-refractivity contribution is 9.11. The first-order valence-corrected chi connectivity index (χ1v) is 12.7. The van der Waals surface area contributed by atoms with Crippen molar-refractivity contribution in [3.8, 4) is 11.5 Å². The highest BCUT2D eigenvalue weighted by Gasteiger charge is 2.23. The average Bonchev–Trinajstić information content (AvgIpc) is 2.75. The standard InChI is InChI=1S/C25H33Br2N3O3/c1-17(2)30(18(3)4)25(31)20-14-22(26)24(23(27)15-20)33-13-7-5-6-12-32-21-10-8-19(9-11-21)16-29-28/h8-11,14-18H,5-7,12-13,28H2,1-4H3. The highest BCUT2D eigenvalue weighted by Crippen LogP contribution is 2.35. The maximum absolute atomic E-state index is 13.0. The van der Waals surface area contributed by atoms with Crippen LogP contribution in [-0.2, 0) is 0 Å². The molecule has 8 heteroatoms. The topological polar surface area (TPSA) is 77.2 Å². The monoisotopic (exact) mass is 581 g/mol. The van der Waals surface area contributed by atoms with Crippen molar-refractivity contribution in [1.29, 1.82) is 0 Å². The van der Waals surface area contributed by atoms with Crippen molar-refractivity contribution in [3.05, 3.63) is 56.5 Å². The van der Waals surface area contributed by atoms with E-state index in [0.29, 0.717) is 24.5 Å². The Kier molecular flexibility index (Phi) is 11.2. The number of halogens is 2. The fourth-order valence-corrected chi connectivity index (χ4v) is 4.93. The first-order valence-electron chi connectivity index (χ1n) is 11.1. The number of hydrazone groups is 1. The van der Waals surface area contributed by atoms with Crippen LogP contribution in [-0.4, -0.2) is 42.3 Å². The fraction of sp³-hybridized carbons (Fsp3) is 0.440. The number of carbonyl (C=O) groups excluding carboxylic acids is 1. The van der Waals surface area contributed by atoms with Crippen LogP contribution < -0.4 is 15.3 Å². The van der Waals surface area contributed by atoms with E-state index < -0.39 is 0 Å². The zero-order valence-corrected chi connectivity index (χ0v) is 22.9. The molecule has 2 rings (SSSR count). The molecule has 0 spiro atoms. The van der Waals surface area contributed by atoms with Gasteiger partial charge in [0.05, 0.1) is 28.4 Å². The maximum Gasteiger partial charge on any atom is 0.254 e. The number of unbranched alkanes of at least 4 members (excludes halogenated alkanes) is 2. The van der Waals surface area contributed by atoms with Gasteiger partial charge in [0.25, 0.3) is 5.91 Å². The molecule has 180 valence electrons. The van der Waals surface area contributed by atoms with Gasteiger partial charge in [0.2, 0.25) is 0 Å². The zero-order valence-electron chi connectivity index (χ0n) is 19.7. The number of nitrogens with zero attached hydrogens (tertiary/aromatic N) is 2. The molecule has 0 bridgehead atoms. The summed E-state index contributed by atoms with van der Waals surface area (Å²) in [6.07, 6.45) is 4.42. The normalized spacial score (nSPS) is 11.4. The minimum Gasteiger partial charge on any atom is -0.494 e. The van der Waals surface area contributed by atoms with Crippen LogP contribution in [0.4, 0.5) is 0 Å². The molecular weight excluding hydrogens is 550 g/mol. The second-order valence-electron chi connectivity index (χ2n) is 8.27. The lowest BCUT2D eigenvalue weighted by molar-refractivity contribution is 0.0643. The van der Waals surface area contributed by atoms with Crippen molar-refractivity contribution in [2.75, 3.05) is 13.2 Å². The fourth-order valence-electron chi connectivity index (χ4n) is 3.52. The third-order valence-corrected chi connectivity index (χ3v) is 6.18. The van der Waals surface area contributed by atoms with Gasteiger partial charge in [-0.15, -0.1) is 0 Å². The molecule has 0 saturated heterocycles. The summed E-state index contributed by atoms with van der Waals surface area (Å²) >= 11 is 7.13. The van der Waals surface area contributed by atoms with Crippen LogP contribution >= 0.6 is 31.9 Å². The minimum atomic E-state index is 0.00935. The molecule has 0 fully saturated rings. The molecule has 2 aromatic carbocycles. The van der Waals surface area contributed by atoms with Gasteiger partial charge in [-0.25, -0.2) is 0 Å². The Labute approximate surface area is 213 Å². The number of nitrogens with two attached hydrogens (primary N) is 1. The average molecular weight is 583 g/mol. The molecule has 6 nitrogen and oxygen atoms in total. The summed E-state index contributed by atoms with van der Waals surface area (Å²) in [5.74, 6) is 6.70. The summed E-state index contributed by atoms with van der Waals surface area (Å²) in [6, 6.07) is 11.6. The molecule has 0 heterocycles. The molecule has 0 aliphatic heterocycles. The first kappa shape index (κ1) is 27.2. The number of hydrogen-bond donors (Lipinski definition) is 1. The van der Waals surface area contributed by atoms with Crippen LogP contribution in [0.25, 0.3) is 0 Å². The maximum atomic E-state index is 13.0. The number of rotatable bonds is 12. The Morgan fingerprint density at radius 2 is 1.52 bits per heavy atom.